The molecule has 5 rings (SSSR count). The highest BCUT2D eigenvalue weighted by Gasteiger charge is 2.54. The van der Waals surface area contributed by atoms with E-state index >= 15 is 0 Å². The minimum Gasteiger partial charge on any atom is -0.497 e. The van der Waals surface area contributed by atoms with Gasteiger partial charge in [-0.15, -0.1) is 11.3 Å². The number of thiazole rings is 1. The summed E-state index contributed by atoms with van der Waals surface area (Å²) >= 11 is 1.69. The standard InChI is InChI=1S/C29H42N4O4S/c1-17(27(35)33-13-11-32(4)12-14-33)20-9-10-29(3)16-23-25(18(2)24(29)26(20)34)31-28(38-23)30-21-15-19(36-5)7-8-22(21)37-6/h7-8,15,17-18,20,24,26,34H,9-14,16H2,1-6H3,(H,30,31)/p+1/t17-,18-,20-,24+,26-,29-/m0/s1. The zero-order valence-electron chi connectivity index (χ0n) is 23.5. The van der Waals surface area contributed by atoms with Crippen LogP contribution in [0.5, 0.6) is 11.5 Å². The molecule has 1 aromatic heterocycles. The number of anilines is 2. The van der Waals surface area contributed by atoms with E-state index in [4.69, 9.17) is 14.5 Å². The van der Waals surface area contributed by atoms with E-state index in [0.29, 0.717) is 0 Å². The lowest BCUT2D eigenvalue weighted by Gasteiger charge is -2.53. The predicted molar refractivity (Wildman–Crippen MR) is 150 cm³/mol. The van der Waals surface area contributed by atoms with Gasteiger partial charge in [0.25, 0.3) is 0 Å². The molecule has 8 nitrogen and oxygen atoms in total. The number of rotatable bonds is 6. The number of nitrogens with one attached hydrogen (secondary N) is 2. The summed E-state index contributed by atoms with van der Waals surface area (Å²) < 4.78 is 10.9. The van der Waals surface area contributed by atoms with Crippen molar-refractivity contribution in [2.45, 2.75) is 52.1 Å². The second kappa shape index (κ2) is 10.7. The maximum Gasteiger partial charge on any atom is 0.226 e. The number of aliphatic hydroxyl groups is 1. The van der Waals surface area contributed by atoms with Crippen LogP contribution in [0.15, 0.2) is 18.2 Å². The molecule has 3 aliphatic rings. The van der Waals surface area contributed by atoms with Crippen molar-refractivity contribution in [2.75, 3.05) is 52.8 Å². The van der Waals surface area contributed by atoms with Crippen molar-refractivity contribution >= 4 is 28.1 Å². The average molecular weight is 544 g/mol. The molecule has 2 aromatic rings. The van der Waals surface area contributed by atoms with Crippen LogP contribution in [0.1, 0.15) is 50.1 Å². The number of benzene rings is 1. The molecule has 1 saturated heterocycles. The third kappa shape index (κ3) is 4.89. The van der Waals surface area contributed by atoms with E-state index in [9.17, 15) is 9.90 Å². The quantitative estimate of drug-likeness (QED) is 0.519. The third-order valence-electron chi connectivity index (χ3n) is 9.53. The van der Waals surface area contributed by atoms with Gasteiger partial charge >= 0.3 is 0 Å². The van der Waals surface area contributed by atoms with Crippen molar-refractivity contribution in [2.24, 2.45) is 23.2 Å². The van der Waals surface area contributed by atoms with Crippen molar-refractivity contribution in [3.05, 3.63) is 28.8 Å². The second-order valence-electron chi connectivity index (χ2n) is 11.9. The maximum absolute atomic E-state index is 13.4. The fourth-order valence-electron chi connectivity index (χ4n) is 7.21. The molecule has 208 valence electrons. The number of aromatic nitrogens is 1. The number of amides is 1. The minimum atomic E-state index is -0.523. The van der Waals surface area contributed by atoms with Crippen LogP contribution in [0.4, 0.5) is 10.8 Å². The summed E-state index contributed by atoms with van der Waals surface area (Å²) in [5.74, 6) is 1.67. The van der Waals surface area contributed by atoms with Gasteiger partial charge in [-0.3, -0.25) is 4.79 Å². The van der Waals surface area contributed by atoms with E-state index in [-0.39, 0.29) is 35.0 Å². The van der Waals surface area contributed by atoms with E-state index in [1.54, 1.807) is 25.6 Å². The first-order valence-electron chi connectivity index (χ1n) is 13.9. The summed E-state index contributed by atoms with van der Waals surface area (Å²) in [5, 5.41) is 16.1. The Morgan fingerprint density at radius 3 is 2.71 bits per heavy atom. The number of methoxy groups -OCH3 is 2. The lowest BCUT2D eigenvalue weighted by atomic mass is 9.53. The number of hydrogen-bond acceptors (Lipinski definition) is 7. The molecule has 2 heterocycles. The number of carbonyl (C=O) groups excluding carboxylic acids is 1. The first-order chi connectivity index (χ1) is 18.1. The molecule has 1 aliphatic heterocycles. The summed E-state index contributed by atoms with van der Waals surface area (Å²) in [4.78, 5) is 23.2. The van der Waals surface area contributed by atoms with Crippen LogP contribution in [0.2, 0.25) is 0 Å². The molecule has 1 aromatic carbocycles. The summed E-state index contributed by atoms with van der Waals surface area (Å²) in [6.07, 6.45) is 2.27. The molecular formula is C29H43N4O4S+. The van der Waals surface area contributed by atoms with Crippen molar-refractivity contribution in [3.8, 4) is 11.5 Å². The van der Waals surface area contributed by atoms with Gasteiger partial charge in [0.2, 0.25) is 5.91 Å². The zero-order valence-corrected chi connectivity index (χ0v) is 24.4. The van der Waals surface area contributed by atoms with Crippen LogP contribution in [0.25, 0.3) is 0 Å². The van der Waals surface area contributed by atoms with Crippen molar-refractivity contribution in [1.82, 2.24) is 9.88 Å². The van der Waals surface area contributed by atoms with Gasteiger partial charge in [0.15, 0.2) is 5.13 Å². The molecule has 38 heavy (non-hydrogen) atoms. The van der Waals surface area contributed by atoms with Crippen LogP contribution >= 0.6 is 11.3 Å². The Bertz CT molecular complexity index is 1160. The molecular weight excluding hydrogens is 500 g/mol. The normalized spacial score (nSPS) is 30.2. The largest absolute Gasteiger partial charge is 0.497 e. The molecule has 1 amide bonds. The Labute approximate surface area is 230 Å². The number of carbonyl (C=O) groups is 1. The number of nitrogens with zero attached hydrogens (tertiary/aromatic N) is 2. The number of ether oxygens (including phenoxy) is 2. The van der Waals surface area contributed by atoms with Crippen LogP contribution in [-0.2, 0) is 11.2 Å². The number of quaternary nitrogens is 1. The monoisotopic (exact) mass is 543 g/mol. The number of hydrogen-bond donors (Lipinski definition) is 3. The first kappa shape index (κ1) is 27.2. The summed E-state index contributed by atoms with van der Waals surface area (Å²) in [5.41, 5.74) is 1.87. The van der Waals surface area contributed by atoms with Gasteiger partial charge in [-0.1, -0.05) is 20.8 Å². The Hall–Kier alpha value is -2.36. The Balaban J connectivity index is 1.35. The molecule has 2 aliphatic carbocycles. The summed E-state index contributed by atoms with van der Waals surface area (Å²) in [7, 11) is 5.49. The summed E-state index contributed by atoms with van der Waals surface area (Å²) in [6, 6.07) is 5.67. The summed E-state index contributed by atoms with van der Waals surface area (Å²) in [6.45, 7) is 10.2. The van der Waals surface area contributed by atoms with E-state index in [1.165, 1.54) is 9.78 Å². The number of aliphatic hydroxyl groups excluding tert-OH is 1. The smallest absolute Gasteiger partial charge is 0.226 e. The fraction of sp³-hybridized carbons (Fsp3) is 0.655. The molecule has 1 saturated carbocycles. The van der Waals surface area contributed by atoms with E-state index in [2.05, 4.69) is 26.2 Å². The molecule has 3 N–H and O–H groups in total. The topological polar surface area (TPSA) is 88.4 Å². The lowest BCUT2D eigenvalue weighted by Crippen LogP contribution is -3.12. The first-order valence-corrected chi connectivity index (χ1v) is 14.7. The van der Waals surface area contributed by atoms with Crippen molar-refractivity contribution in [3.63, 3.8) is 0 Å². The molecule has 0 spiro atoms. The van der Waals surface area contributed by atoms with E-state index in [1.807, 2.05) is 30.0 Å². The Kier molecular flexibility index (Phi) is 7.64. The Morgan fingerprint density at radius 2 is 2.03 bits per heavy atom. The van der Waals surface area contributed by atoms with Gasteiger partial charge in [-0.2, -0.15) is 0 Å². The van der Waals surface area contributed by atoms with Crippen LogP contribution in [0, 0.1) is 23.2 Å². The van der Waals surface area contributed by atoms with Crippen LogP contribution < -0.4 is 19.7 Å². The van der Waals surface area contributed by atoms with Gasteiger partial charge in [0.1, 0.15) is 11.5 Å². The van der Waals surface area contributed by atoms with Gasteiger partial charge in [-0.05, 0) is 48.6 Å². The van der Waals surface area contributed by atoms with Gasteiger partial charge in [0, 0.05) is 22.8 Å². The van der Waals surface area contributed by atoms with Crippen LogP contribution in [0.3, 0.4) is 0 Å². The molecule has 0 radical (unpaired) electrons. The number of likely N-dealkylation sites (N-methyl/N-ethyl adjacent to an activating group) is 1. The molecule has 2 fully saturated rings. The predicted octanol–water partition coefficient (Wildman–Crippen LogP) is 2.95. The molecule has 0 unspecified atom stereocenters. The maximum atomic E-state index is 13.4. The van der Waals surface area contributed by atoms with Gasteiger partial charge in [-0.25, -0.2) is 4.98 Å². The Morgan fingerprint density at radius 1 is 1.29 bits per heavy atom. The highest BCUT2D eigenvalue weighted by atomic mass is 32.1. The van der Waals surface area contributed by atoms with Crippen molar-refractivity contribution < 1.29 is 24.3 Å². The molecule has 6 atom stereocenters. The molecule has 9 heteroatoms. The zero-order chi connectivity index (χ0) is 27.2. The molecule has 0 bridgehead atoms. The van der Waals surface area contributed by atoms with E-state index in [0.717, 1.165) is 73.5 Å². The number of fused-ring (bicyclic) bond motifs is 2. The van der Waals surface area contributed by atoms with Crippen molar-refractivity contribution in [1.29, 1.82) is 0 Å². The number of piperazine rings is 1. The van der Waals surface area contributed by atoms with Gasteiger partial charge < -0.3 is 29.7 Å². The third-order valence-corrected chi connectivity index (χ3v) is 10.5. The minimum absolute atomic E-state index is 0.0141. The fourth-order valence-corrected chi connectivity index (χ4v) is 8.48. The lowest BCUT2D eigenvalue weighted by molar-refractivity contribution is -0.883. The highest BCUT2D eigenvalue weighted by molar-refractivity contribution is 7.15. The van der Waals surface area contributed by atoms with Gasteiger partial charge in [0.05, 0.1) is 64.9 Å². The van der Waals surface area contributed by atoms with Crippen LogP contribution in [-0.4, -0.2) is 74.4 Å². The highest BCUT2D eigenvalue weighted by Crippen LogP contribution is 2.57. The second-order valence-corrected chi connectivity index (χ2v) is 13.0. The SMILES string of the molecule is COc1ccc(OC)c(Nc2nc3c(s2)C[C@]2(C)CC[C@@H]([C@H](C)C(=O)N4CC[NH+](C)CC4)[C@H](O)[C@H]2[C@@H]3C)c1. The average Bonchev–Trinajstić information content (AvgIpc) is 3.30. The van der Waals surface area contributed by atoms with E-state index < -0.39 is 6.10 Å².